The van der Waals surface area contributed by atoms with Crippen molar-refractivity contribution in [2.75, 3.05) is 0 Å². The van der Waals surface area contributed by atoms with Gasteiger partial charge in [0, 0.05) is 0 Å². The Hall–Kier alpha value is 1.87. The molecule has 4 heteroatoms. The average Bonchev–Trinajstić information content (AvgIpc) is 0. The first kappa shape index (κ1) is 39.8. The molecule has 0 aliphatic rings. The molecule has 0 atom stereocenters. The summed E-state index contributed by atoms with van der Waals surface area (Å²) in [7, 11) is 0. The summed E-state index contributed by atoms with van der Waals surface area (Å²) in [6.07, 6.45) is 0. The third-order valence-electron chi connectivity index (χ3n) is 0. The quantitative estimate of drug-likeness (QED) is 0.366. The van der Waals surface area contributed by atoms with E-state index in [0.29, 0.717) is 0 Å². The minimum atomic E-state index is 0. The normalized spacial score (nSPS) is 0. The molecule has 0 unspecified atom stereocenters. The summed E-state index contributed by atoms with van der Waals surface area (Å²) < 4.78 is 0. The van der Waals surface area contributed by atoms with Gasteiger partial charge in [-0.2, -0.15) is 0 Å². The number of hydrogen-bond acceptors (Lipinski definition) is 0. The van der Waals surface area contributed by atoms with Gasteiger partial charge in [-0.05, 0) is 0 Å². The summed E-state index contributed by atoms with van der Waals surface area (Å²) in [4.78, 5) is 0. The molecule has 0 fully saturated rings. The van der Waals surface area contributed by atoms with Crippen LogP contribution in [0.1, 0.15) is 0 Å². The third kappa shape index (κ3) is 9.11. The van der Waals surface area contributed by atoms with Gasteiger partial charge in [-0.1, -0.05) is 0 Å². The fourth-order valence-electron chi connectivity index (χ4n) is 0. The zero-order valence-corrected chi connectivity index (χ0v) is 0.816. The van der Waals surface area contributed by atoms with E-state index in [1.54, 1.807) is 0 Å². The molecule has 0 rings (SSSR count). The van der Waals surface area contributed by atoms with Crippen molar-refractivity contribution >= 4 is 62.8 Å². The summed E-state index contributed by atoms with van der Waals surface area (Å²) in [5.41, 5.74) is 0. The molecular weight excluding hydrogens is 153 g/mol. The van der Waals surface area contributed by atoms with Gasteiger partial charge in [-0.15, -0.1) is 0 Å². The van der Waals surface area contributed by atoms with Gasteiger partial charge in [-0.25, -0.2) is 0 Å². The van der Waals surface area contributed by atoms with Gasteiger partial charge in [0.25, 0.3) is 0 Å². The molecule has 0 radical (unpaired) electrons. The van der Waals surface area contributed by atoms with Crippen LogP contribution >= 0.6 is 0 Å². The van der Waals surface area contributed by atoms with Gasteiger partial charge < -0.3 is 0 Å². The first-order chi connectivity index (χ1) is 0. The number of halogens is 2. The van der Waals surface area contributed by atoms with Crippen molar-refractivity contribution < 1.29 is 9.41 Å². The van der Waals surface area contributed by atoms with Crippen LogP contribution < -0.4 is 0 Å². The first-order valence-electron chi connectivity index (χ1n) is 0. The van der Waals surface area contributed by atoms with E-state index >= 15 is 0 Å². The Morgan fingerprint density at radius 1 is 0.750 bits per heavy atom. The predicted molar refractivity (Wildman–Crippen MR) is 23.5 cm³/mol. The summed E-state index contributed by atoms with van der Waals surface area (Å²) in [6, 6.07) is 0. The molecule has 0 spiro atoms. The van der Waals surface area contributed by atoms with Crippen molar-refractivity contribution in [3.8, 4) is 0 Å². The molecule has 0 aliphatic heterocycles. The number of hydrogen-bond donors (Lipinski definition) is 0. The summed E-state index contributed by atoms with van der Waals surface area (Å²) in [6.45, 7) is 0. The summed E-state index contributed by atoms with van der Waals surface area (Å²) in [5.74, 6) is 0. The second-order valence-corrected chi connectivity index (χ2v) is 0. The molecule has 26 valence electrons. The SMILES string of the molecule is F.F.[AlH3].[SrH2]. The molecule has 0 aromatic heterocycles. The Labute approximate surface area is 71.1 Å². The molecule has 0 aromatic carbocycles. The van der Waals surface area contributed by atoms with Crippen LogP contribution in [0.15, 0.2) is 0 Å². The van der Waals surface area contributed by atoms with Crippen LogP contribution in [0.2, 0.25) is 0 Å². The second-order valence-electron chi connectivity index (χ2n) is 0. The zero-order valence-electron chi connectivity index (χ0n) is 0.816. The third-order valence-corrected chi connectivity index (χ3v) is 0. The molecule has 0 heterocycles. The van der Waals surface area contributed by atoms with Gasteiger partial charge in [0.2, 0.25) is 0 Å². The van der Waals surface area contributed by atoms with Crippen LogP contribution in [-0.4, -0.2) is 62.8 Å². The van der Waals surface area contributed by atoms with Crippen molar-refractivity contribution in [3.05, 3.63) is 0 Å². The van der Waals surface area contributed by atoms with E-state index < -0.39 is 0 Å². The maximum atomic E-state index is 0. The molecule has 0 aromatic rings. The Morgan fingerprint density at radius 2 is 0.750 bits per heavy atom. The predicted octanol–water partition coefficient (Wildman–Crippen LogP) is -1.80. The van der Waals surface area contributed by atoms with E-state index in [4.69, 9.17) is 0 Å². The fourth-order valence-corrected chi connectivity index (χ4v) is 0. The molecular formula is H7AlF2Sr. The van der Waals surface area contributed by atoms with Crippen molar-refractivity contribution in [1.82, 2.24) is 0 Å². The Morgan fingerprint density at radius 3 is 0.750 bits per heavy atom. The van der Waals surface area contributed by atoms with Gasteiger partial charge in [-0.3, -0.25) is 9.41 Å². The van der Waals surface area contributed by atoms with Crippen LogP contribution in [0, 0.1) is 0 Å². The van der Waals surface area contributed by atoms with E-state index in [-0.39, 0.29) is 72.3 Å². The van der Waals surface area contributed by atoms with Crippen LogP contribution in [-0.2, 0) is 0 Å². The topological polar surface area (TPSA) is 0 Å². The fraction of sp³-hybridized carbons (Fsp3) is 0. The molecule has 0 amide bonds. The average molecular weight is 160 g/mol. The van der Waals surface area contributed by atoms with E-state index in [0.717, 1.165) is 0 Å². The number of rotatable bonds is 0. The van der Waals surface area contributed by atoms with Crippen molar-refractivity contribution in [2.45, 2.75) is 0 Å². The second kappa shape index (κ2) is 20.8. The summed E-state index contributed by atoms with van der Waals surface area (Å²) in [5, 5.41) is 0. The van der Waals surface area contributed by atoms with E-state index in [1.165, 1.54) is 0 Å². The van der Waals surface area contributed by atoms with Gasteiger partial charge in [0.05, 0.1) is 0 Å². The van der Waals surface area contributed by atoms with Gasteiger partial charge in [0.15, 0.2) is 17.4 Å². The Bertz CT molecular complexity index is 6.00. The summed E-state index contributed by atoms with van der Waals surface area (Å²) >= 11 is 0. The Balaban J connectivity index is 0. The van der Waals surface area contributed by atoms with Crippen LogP contribution in [0.25, 0.3) is 0 Å². The molecule has 0 bridgehead atoms. The van der Waals surface area contributed by atoms with E-state index in [9.17, 15) is 0 Å². The zero-order chi connectivity index (χ0) is 0. The van der Waals surface area contributed by atoms with Crippen LogP contribution in [0.5, 0.6) is 0 Å². The molecule has 0 aliphatic carbocycles. The van der Waals surface area contributed by atoms with Crippen molar-refractivity contribution in [3.63, 3.8) is 0 Å². The Kier molecular flexibility index (Phi) is 207. The monoisotopic (exact) mass is 160 g/mol. The minimum absolute atomic E-state index is 0. The first-order valence-corrected chi connectivity index (χ1v) is 0. The van der Waals surface area contributed by atoms with Crippen LogP contribution in [0.4, 0.5) is 9.41 Å². The molecule has 0 saturated carbocycles. The molecule has 0 nitrogen and oxygen atoms in total. The van der Waals surface area contributed by atoms with Crippen LogP contribution in [0.3, 0.4) is 0 Å². The molecule has 0 saturated heterocycles. The van der Waals surface area contributed by atoms with Crippen molar-refractivity contribution in [1.29, 1.82) is 0 Å². The van der Waals surface area contributed by atoms with E-state index in [1.807, 2.05) is 0 Å². The van der Waals surface area contributed by atoms with Crippen molar-refractivity contribution in [2.24, 2.45) is 0 Å². The molecule has 4 heavy (non-hydrogen) atoms. The maximum absolute atomic E-state index is 0. The standard InChI is InChI=1S/Al.2FH.Sr.5H/h;2*1H;;;;;;. The molecule has 0 N–H and O–H groups in total. The van der Waals surface area contributed by atoms with Gasteiger partial charge >= 0.3 is 45.5 Å². The van der Waals surface area contributed by atoms with E-state index in [2.05, 4.69) is 0 Å². The van der Waals surface area contributed by atoms with Gasteiger partial charge in [0.1, 0.15) is 0 Å².